The maximum absolute atomic E-state index is 12.2. The first-order valence-corrected chi connectivity index (χ1v) is 7.62. The number of hydrogen-bond donors (Lipinski definition) is 2. The Morgan fingerprint density at radius 2 is 2.05 bits per heavy atom. The van der Waals surface area contributed by atoms with Crippen LogP contribution in [0.15, 0.2) is 33.7 Å². The predicted octanol–water partition coefficient (Wildman–Crippen LogP) is 1.23. The van der Waals surface area contributed by atoms with Crippen molar-refractivity contribution in [1.29, 1.82) is 0 Å². The van der Waals surface area contributed by atoms with Crippen LogP contribution in [0.2, 0.25) is 0 Å². The summed E-state index contributed by atoms with van der Waals surface area (Å²) in [6.07, 6.45) is 0. The number of nitrogens with zero attached hydrogens (tertiary/aromatic N) is 1. The van der Waals surface area contributed by atoms with Gasteiger partial charge in [0.05, 0.1) is 17.1 Å². The van der Waals surface area contributed by atoms with Crippen molar-refractivity contribution in [2.24, 2.45) is 5.73 Å². The van der Waals surface area contributed by atoms with Crippen LogP contribution < -0.4 is 10.5 Å². The Bertz CT molecular complexity index is 707. The van der Waals surface area contributed by atoms with Gasteiger partial charge in [-0.1, -0.05) is 11.2 Å². The Morgan fingerprint density at radius 1 is 1.30 bits per heavy atom. The molecule has 0 unspecified atom stereocenters. The molecule has 0 aliphatic rings. The summed E-state index contributed by atoms with van der Waals surface area (Å²) in [6, 6.07) is 6.57. The first kappa shape index (κ1) is 14.7. The van der Waals surface area contributed by atoms with E-state index in [0.717, 1.165) is 11.1 Å². The summed E-state index contributed by atoms with van der Waals surface area (Å²) >= 11 is 0. The van der Waals surface area contributed by atoms with Crippen LogP contribution in [0.5, 0.6) is 0 Å². The van der Waals surface area contributed by atoms with E-state index < -0.39 is 10.0 Å². The summed E-state index contributed by atoms with van der Waals surface area (Å²) in [4.78, 5) is 0.194. The topological polar surface area (TPSA) is 98.2 Å². The highest BCUT2D eigenvalue weighted by atomic mass is 32.2. The van der Waals surface area contributed by atoms with Crippen molar-refractivity contribution in [2.75, 3.05) is 0 Å². The molecule has 0 spiro atoms. The Morgan fingerprint density at radius 3 is 2.65 bits per heavy atom. The van der Waals surface area contributed by atoms with E-state index in [1.807, 2.05) is 6.92 Å². The number of nitrogens with two attached hydrogens (primary N) is 1. The predicted molar refractivity (Wildman–Crippen MR) is 74.3 cm³/mol. The lowest BCUT2D eigenvalue weighted by Crippen LogP contribution is -2.23. The van der Waals surface area contributed by atoms with Gasteiger partial charge in [-0.2, -0.15) is 0 Å². The third kappa shape index (κ3) is 3.24. The molecule has 0 aliphatic heterocycles. The molecule has 0 fully saturated rings. The van der Waals surface area contributed by atoms with Crippen molar-refractivity contribution in [2.45, 2.75) is 31.8 Å². The second-order valence-electron chi connectivity index (χ2n) is 4.55. The third-order valence-electron chi connectivity index (χ3n) is 2.96. The zero-order valence-electron chi connectivity index (χ0n) is 11.4. The van der Waals surface area contributed by atoms with Crippen molar-refractivity contribution in [3.05, 3.63) is 46.8 Å². The SMILES string of the molecule is Cc1cc(CNS(=O)(=O)c2ccc(C)c(CN)c2)on1. The second kappa shape index (κ2) is 5.74. The highest BCUT2D eigenvalue weighted by Gasteiger charge is 2.16. The molecule has 0 amide bonds. The molecule has 2 aromatic rings. The molecule has 6 nitrogen and oxygen atoms in total. The fourth-order valence-electron chi connectivity index (χ4n) is 1.78. The van der Waals surface area contributed by atoms with Gasteiger partial charge in [0.2, 0.25) is 10.0 Å². The fourth-order valence-corrected chi connectivity index (χ4v) is 2.83. The van der Waals surface area contributed by atoms with Crippen molar-refractivity contribution in [1.82, 2.24) is 9.88 Å². The first-order chi connectivity index (χ1) is 9.42. The lowest BCUT2D eigenvalue weighted by atomic mass is 10.1. The van der Waals surface area contributed by atoms with Gasteiger partial charge in [-0.3, -0.25) is 0 Å². The zero-order chi connectivity index (χ0) is 14.8. The van der Waals surface area contributed by atoms with Gasteiger partial charge in [-0.05, 0) is 37.1 Å². The van der Waals surface area contributed by atoms with E-state index in [9.17, 15) is 8.42 Å². The zero-order valence-corrected chi connectivity index (χ0v) is 12.2. The minimum absolute atomic E-state index is 0.0645. The maximum atomic E-state index is 12.2. The smallest absolute Gasteiger partial charge is 0.240 e. The van der Waals surface area contributed by atoms with Crippen molar-refractivity contribution < 1.29 is 12.9 Å². The molecule has 0 radical (unpaired) electrons. The molecule has 0 atom stereocenters. The van der Waals surface area contributed by atoms with Gasteiger partial charge >= 0.3 is 0 Å². The van der Waals surface area contributed by atoms with E-state index in [2.05, 4.69) is 9.88 Å². The molecule has 0 bridgehead atoms. The summed E-state index contributed by atoms with van der Waals surface area (Å²) in [5.74, 6) is 0.470. The van der Waals surface area contributed by atoms with Crippen molar-refractivity contribution in [3.8, 4) is 0 Å². The largest absolute Gasteiger partial charge is 0.360 e. The van der Waals surface area contributed by atoms with Gasteiger partial charge in [0.1, 0.15) is 0 Å². The van der Waals surface area contributed by atoms with Gasteiger partial charge in [-0.25, -0.2) is 13.1 Å². The van der Waals surface area contributed by atoms with Crippen LogP contribution in [0.4, 0.5) is 0 Å². The molecule has 20 heavy (non-hydrogen) atoms. The van der Waals surface area contributed by atoms with Crippen LogP contribution in [0.25, 0.3) is 0 Å². The number of sulfonamides is 1. The Hall–Kier alpha value is -1.70. The van der Waals surface area contributed by atoms with Gasteiger partial charge in [0, 0.05) is 12.6 Å². The number of aromatic nitrogens is 1. The summed E-state index contributed by atoms with van der Waals surface area (Å²) in [5.41, 5.74) is 8.08. The normalized spacial score (nSPS) is 11.8. The first-order valence-electron chi connectivity index (χ1n) is 6.14. The van der Waals surface area contributed by atoms with Crippen LogP contribution in [0.1, 0.15) is 22.6 Å². The highest BCUT2D eigenvalue weighted by molar-refractivity contribution is 7.89. The van der Waals surface area contributed by atoms with Gasteiger partial charge in [0.25, 0.3) is 0 Å². The van der Waals surface area contributed by atoms with Crippen LogP contribution in [0, 0.1) is 13.8 Å². The molecule has 0 saturated carbocycles. The summed E-state index contributed by atoms with van der Waals surface area (Å²) in [6.45, 7) is 4.03. The van der Waals surface area contributed by atoms with E-state index in [1.54, 1.807) is 31.2 Å². The maximum Gasteiger partial charge on any atom is 0.240 e. The van der Waals surface area contributed by atoms with E-state index in [-0.39, 0.29) is 11.4 Å². The molecule has 108 valence electrons. The average molecular weight is 295 g/mol. The molecule has 1 aromatic carbocycles. The Kier molecular flexibility index (Phi) is 4.22. The van der Waals surface area contributed by atoms with E-state index in [0.29, 0.717) is 18.0 Å². The lowest BCUT2D eigenvalue weighted by Gasteiger charge is -2.08. The van der Waals surface area contributed by atoms with E-state index in [1.165, 1.54) is 0 Å². The van der Waals surface area contributed by atoms with Gasteiger partial charge in [-0.15, -0.1) is 0 Å². The van der Waals surface area contributed by atoms with Crippen LogP contribution in [0.3, 0.4) is 0 Å². The number of aryl methyl sites for hydroxylation is 2. The number of hydrogen-bond acceptors (Lipinski definition) is 5. The Balaban J connectivity index is 2.17. The van der Waals surface area contributed by atoms with Crippen LogP contribution in [-0.4, -0.2) is 13.6 Å². The Labute approximate surface area is 118 Å². The minimum atomic E-state index is -3.59. The van der Waals surface area contributed by atoms with Crippen LogP contribution in [-0.2, 0) is 23.1 Å². The monoisotopic (exact) mass is 295 g/mol. The third-order valence-corrected chi connectivity index (χ3v) is 4.36. The minimum Gasteiger partial charge on any atom is -0.360 e. The quantitative estimate of drug-likeness (QED) is 0.864. The van der Waals surface area contributed by atoms with Gasteiger partial charge in [0.15, 0.2) is 5.76 Å². The fraction of sp³-hybridized carbons (Fsp3) is 0.308. The summed E-state index contributed by atoms with van der Waals surface area (Å²) in [5, 5.41) is 3.70. The molecule has 2 rings (SSSR count). The molecule has 3 N–H and O–H groups in total. The standard InChI is InChI=1S/C13H17N3O3S/c1-9-3-4-13(6-11(9)7-14)20(17,18)15-8-12-5-10(2)16-19-12/h3-6,15H,7-8,14H2,1-2H3. The average Bonchev–Trinajstić information content (AvgIpc) is 2.83. The number of benzene rings is 1. The lowest BCUT2D eigenvalue weighted by molar-refractivity contribution is 0.377. The van der Waals surface area contributed by atoms with E-state index in [4.69, 9.17) is 10.3 Å². The van der Waals surface area contributed by atoms with Gasteiger partial charge < -0.3 is 10.3 Å². The van der Waals surface area contributed by atoms with Crippen LogP contribution >= 0.6 is 0 Å². The molecule has 7 heteroatoms. The van der Waals surface area contributed by atoms with Crippen molar-refractivity contribution >= 4 is 10.0 Å². The molecule has 1 heterocycles. The number of rotatable bonds is 5. The molecular formula is C13H17N3O3S. The highest BCUT2D eigenvalue weighted by Crippen LogP contribution is 2.15. The molecule has 0 aliphatic carbocycles. The summed E-state index contributed by atoms with van der Waals surface area (Å²) in [7, 11) is -3.59. The molecule has 1 aromatic heterocycles. The number of nitrogens with one attached hydrogen (secondary N) is 1. The molecular weight excluding hydrogens is 278 g/mol. The second-order valence-corrected chi connectivity index (χ2v) is 6.32. The van der Waals surface area contributed by atoms with Crippen molar-refractivity contribution in [3.63, 3.8) is 0 Å². The van der Waals surface area contributed by atoms with E-state index >= 15 is 0 Å². The summed E-state index contributed by atoms with van der Waals surface area (Å²) < 4.78 is 31.8. The molecule has 0 saturated heterocycles.